The van der Waals surface area contributed by atoms with Gasteiger partial charge in [-0.2, -0.15) is 9.97 Å². The van der Waals surface area contributed by atoms with E-state index in [1.807, 2.05) is 6.33 Å². The minimum absolute atomic E-state index is 0.293. The molecule has 8 heteroatoms. The highest BCUT2D eigenvalue weighted by Crippen LogP contribution is 2.33. The van der Waals surface area contributed by atoms with Crippen LogP contribution < -0.4 is 5.43 Å². The van der Waals surface area contributed by atoms with Crippen molar-refractivity contribution < 1.29 is 0 Å². The first kappa shape index (κ1) is 25.6. The molecule has 190 valence electrons. The van der Waals surface area contributed by atoms with Crippen molar-refractivity contribution in [2.75, 3.05) is 38.1 Å². The molecule has 1 aliphatic carbocycles. The summed E-state index contributed by atoms with van der Waals surface area (Å²) in [6.07, 6.45) is 17.3. The van der Waals surface area contributed by atoms with Crippen LogP contribution in [0.2, 0.25) is 5.28 Å². The zero-order chi connectivity index (χ0) is 23.8. The third kappa shape index (κ3) is 6.82. The van der Waals surface area contributed by atoms with Crippen LogP contribution in [-0.4, -0.2) is 62.2 Å². The molecule has 1 aliphatic heterocycles. The van der Waals surface area contributed by atoms with Crippen molar-refractivity contribution in [2.45, 2.75) is 96.9 Å². The van der Waals surface area contributed by atoms with Gasteiger partial charge in [-0.15, -0.1) is 0 Å². The van der Waals surface area contributed by atoms with Gasteiger partial charge in [0, 0.05) is 19.1 Å². The van der Waals surface area contributed by atoms with E-state index in [4.69, 9.17) is 11.6 Å². The van der Waals surface area contributed by atoms with E-state index in [0.717, 1.165) is 36.0 Å². The van der Waals surface area contributed by atoms with Crippen molar-refractivity contribution in [3.8, 4) is 0 Å². The standard InChI is InChI=1S/C26H44ClN7/c1-3-15-32(16-4-2)17-9-5-6-10-21-13-18-33(19-14-21)31-24-23-25(30-26(27)29-24)34(20-28-23)22-11-7-8-12-22/h20-22H,3-19H2,1-2H3,(H,29,30,31). The topological polar surface area (TPSA) is 62.1 Å². The molecule has 1 saturated carbocycles. The first-order valence-electron chi connectivity index (χ1n) is 13.8. The molecule has 4 rings (SSSR count). The number of hydrazine groups is 1. The average molecular weight is 490 g/mol. The lowest BCUT2D eigenvalue weighted by Crippen LogP contribution is -2.38. The van der Waals surface area contributed by atoms with Crippen molar-refractivity contribution in [2.24, 2.45) is 5.92 Å². The maximum atomic E-state index is 6.31. The van der Waals surface area contributed by atoms with Crippen LogP contribution in [0.5, 0.6) is 0 Å². The Labute approximate surface area is 210 Å². The number of nitrogens with one attached hydrogen (secondary N) is 1. The normalized spacial score (nSPS) is 18.5. The van der Waals surface area contributed by atoms with Gasteiger partial charge in [0.2, 0.25) is 5.28 Å². The van der Waals surface area contributed by atoms with Gasteiger partial charge in [-0.05, 0) is 82.1 Å². The Morgan fingerprint density at radius 2 is 1.71 bits per heavy atom. The third-order valence-corrected chi connectivity index (χ3v) is 7.83. The number of halogens is 1. The molecule has 2 aromatic rings. The summed E-state index contributed by atoms with van der Waals surface area (Å²) >= 11 is 6.31. The molecule has 1 saturated heterocycles. The predicted molar refractivity (Wildman–Crippen MR) is 141 cm³/mol. The second kappa shape index (κ2) is 13.0. The van der Waals surface area contributed by atoms with E-state index < -0.39 is 0 Å². The summed E-state index contributed by atoms with van der Waals surface area (Å²) in [5, 5.41) is 2.58. The SMILES string of the molecule is CCCN(CCC)CCCCCC1CCN(Nc2nc(Cl)nc3c2ncn3C2CCCC2)CC1. The lowest BCUT2D eigenvalue weighted by Gasteiger charge is -2.32. The van der Waals surface area contributed by atoms with Crippen molar-refractivity contribution >= 4 is 28.6 Å². The molecule has 0 bridgehead atoms. The van der Waals surface area contributed by atoms with Crippen molar-refractivity contribution in [3.05, 3.63) is 11.6 Å². The van der Waals surface area contributed by atoms with Crippen LogP contribution in [0.1, 0.15) is 96.9 Å². The van der Waals surface area contributed by atoms with E-state index in [2.05, 4.69) is 48.7 Å². The quantitative estimate of drug-likeness (QED) is 0.262. The average Bonchev–Trinajstić information content (AvgIpc) is 3.50. The van der Waals surface area contributed by atoms with Crippen LogP contribution >= 0.6 is 11.6 Å². The van der Waals surface area contributed by atoms with Gasteiger partial charge in [0.1, 0.15) is 0 Å². The van der Waals surface area contributed by atoms with Gasteiger partial charge in [0.05, 0.1) is 6.33 Å². The van der Waals surface area contributed by atoms with Crippen LogP contribution in [0, 0.1) is 5.92 Å². The van der Waals surface area contributed by atoms with Gasteiger partial charge in [-0.3, -0.25) is 0 Å². The number of hydrogen-bond acceptors (Lipinski definition) is 6. The van der Waals surface area contributed by atoms with Crippen LogP contribution in [0.25, 0.3) is 11.2 Å². The minimum Gasteiger partial charge on any atom is -0.312 e. The number of rotatable bonds is 13. The summed E-state index contributed by atoms with van der Waals surface area (Å²) in [6, 6.07) is 0.487. The molecule has 2 aliphatic rings. The molecular formula is C26H44ClN7. The van der Waals surface area contributed by atoms with Gasteiger partial charge < -0.3 is 14.9 Å². The number of hydrogen-bond donors (Lipinski definition) is 1. The van der Waals surface area contributed by atoms with E-state index >= 15 is 0 Å². The van der Waals surface area contributed by atoms with E-state index in [-0.39, 0.29) is 0 Å². The summed E-state index contributed by atoms with van der Waals surface area (Å²) in [6.45, 7) is 10.4. The molecule has 0 spiro atoms. The molecule has 0 radical (unpaired) electrons. The maximum Gasteiger partial charge on any atom is 0.226 e. The highest BCUT2D eigenvalue weighted by Gasteiger charge is 2.24. The van der Waals surface area contributed by atoms with Crippen LogP contribution in [0.4, 0.5) is 5.82 Å². The second-order valence-electron chi connectivity index (χ2n) is 10.3. The molecule has 7 nitrogen and oxygen atoms in total. The molecule has 34 heavy (non-hydrogen) atoms. The molecular weight excluding hydrogens is 446 g/mol. The summed E-state index contributed by atoms with van der Waals surface area (Å²) < 4.78 is 2.21. The number of piperidine rings is 1. The summed E-state index contributed by atoms with van der Waals surface area (Å²) in [5.74, 6) is 1.59. The summed E-state index contributed by atoms with van der Waals surface area (Å²) in [7, 11) is 0. The van der Waals surface area contributed by atoms with E-state index in [1.165, 1.54) is 96.7 Å². The number of imidazole rings is 1. The zero-order valence-corrected chi connectivity index (χ0v) is 22.1. The highest BCUT2D eigenvalue weighted by molar-refractivity contribution is 6.28. The molecule has 2 aromatic heterocycles. The van der Waals surface area contributed by atoms with Crippen molar-refractivity contribution in [3.63, 3.8) is 0 Å². The van der Waals surface area contributed by atoms with Crippen LogP contribution in [0.3, 0.4) is 0 Å². The van der Waals surface area contributed by atoms with Crippen LogP contribution in [-0.2, 0) is 0 Å². The Kier molecular flexibility index (Phi) is 9.83. The molecule has 3 heterocycles. The fourth-order valence-corrected chi connectivity index (χ4v) is 5.98. The minimum atomic E-state index is 0.293. The lowest BCUT2D eigenvalue weighted by molar-refractivity contribution is 0.205. The molecule has 0 aromatic carbocycles. The Balaban J connectivity index is 1.21. The third-order valence-electron chi connectivity index (χ3n) is 7.66. The van der Waals surface area contributed by atoms with Gasteiger partial charge in [0.15, 0.2) is 17.0 Å². The first-order chi connectivity index (χ1) is 16.7. The zero-order valence-electron chi connectivity index (χ0n) is 21.3. The van der Waals surface area contributed by atoms with Crippen molar-refractivity contribution in [1.29, 1.82) is 0 Å². The molecule has 1 N–H and O–H groups in total. The fraction of sp³-hybridized carbons (Fsp3) is 0.808. The molecule has 2 fully saturated rings. The first-order valence-corrected chi connectivity index (χ1v) is 14.2. The predicted octanol–water partition coefficient (Wildman–Crippen LogP) is 6.32. The van der Waals surface area contributed by atoms with E-state index in [1.54, 1.807) is 0 Å². The Morgan fingerprint density at radius 3 is 2.41 bits per heavy atom. The second-order valence-corrected chi connectivity index (χ2v) is 10.7. The smallest absolute Gasteiger partial charge is 0.226 e. The highest BCUT2D eigenvalue weighted by atomic mass is 35.5. The van der Waals surface area contributed by atoms with Gasteiger partial charge in [-0.1, -0.05) is 46.0 Å². The van der Waals surface area contributed by atoms with Gasteiger partial charge in [0.25, 0.3) is 0 Å². The van der Waals surface area contributed by atoms with E-state index in [0.29, 0.717) is 11.3 Å². The van der Waals surface area contributed by atoms with Gasteiger partial charge >= 0.3 is 0 Å². The number of nitrogens with zero attached hydrogens (tertiary/aromatic N) is 6. The van der Waals surface area contributed by atoms with Gasteiger partial charge in [-0.25, -0.2) is 9.99 Å². The largest absolute Gasteiger partial charge is 0.312 e. The Bertz CT molecular complexity index is 865. The number of anilines is 1. The summed E-state index contributed by atoms with van der Waals surface area (Å²) in [5.41, 5.74) is 5.21. The summed E-state index contributed by atoms with van der Waals surface area (Å²) in [4.78, 5) is 16.3. The van der Waals surface area contributed by atoms with E-state index in [9.17, 15) is 0 Å². The van der Waals surface area contributed by atoms with Crippen molar-refractivity contribution in [1.82, 2.24) is 29.4 Å². The lowest BCUT2D eigenvalue weighted by atomic mass is 9.92. The molecule has 0 atom stereocenters. The molecule has 0 unspecified atom stereocenters. The monoisotopic (exact) mass is 489 g/mol. The molecule has 0 amide bonds. The Morgan fingerprint density at radius 1 is 0.971 bits per heavy atom. The maximum absolute atomic E-state index is 6.31. The number of fused-ring (bicyclic) bond motifs is 1. The Hall–Kier alpha value is -1.44. The number of unbranched alkanes of at least 4 members (excludes halogenated alkanes) is 2. The fourth-order valence-electron chi connectivity index (χ4n) is 5.81. The van der Waals surface area contributed by atoms with Crippen LogP contribution in [0.15, 0.2) is 6.33 Å². The number of aromatic nitrogens is 4.